The van der Waals surface area contributed by atoms with E-state index in [1.54, 1.807) is 20.8 Å². The fourth-order valence-electron chi connectivity index (χ4n) is 1.82. The third kappa shape index (κ3) is 4.74. The molecule has 0 saturated carbocycles. The van der Waals surface area contributed by atoms with Crippen LogP contribution in [0, 0.1) is 0 Å². The summed E-state index contributed by atoms with van der Waals surface area (Å²) in [5.41, 5.74) is 1.67. The van der Waals surface area contributed by atoms with Gasteiger partial charge in [-0.3, -0.25) is 4.84 Å². The van der Waals surface area contributed by atoms with Gasteiger partial charge < -0.3 is 4.74 Å². The third-order valence-electron chi connectivity index (χ3n) is 2.70. The van der Waals surface area contributed by atoms with Gasteiger partial charge in [0, 0.05) is 11.1 Å². The van der Waals surface area contributed by atoms with E-state index in [-0.39, 0.29) is 0 Å². The standard InChI is InChI=1S/C18H19NO3/c1-18(2,3)21-17(20)22-19-16(14-10-6-4-7-11-14)15-12-8-5-9-13-15/h4-13H,1-3H3. The lowest BCUT2D eigenvalue weighted by atomic mass is 10.0. The first kappa shape index (κ1) is 15.8. The second-order valence-electron chi connectivity index (χ2n) is 5.73. The summed E-state index contributed by atoms with van der Waals surface area (Å²) in [6.07, 6.45) is -0.822. The van der Waals surface area contributed by atoms with Crippen molar-refractivity contribution < 1.29 is 14.4 Å². The molecule has 22 heavy (non-hydrogen) atoms. The number of oxime groups is 1. The average molecular weight is 297 g/mol. The zero-order chi connectivity index (χ0) is 16.0. The van der Waals surface area contributed by atoms with Crippen LogP contribution in [-0.4, -0.2) is 17.5 Å². The molecule has 2 aromatic rings. The van der Waals surface area contributed by atoms with Crippen LogP contribution in [0.25, 0.3) is 0 Å². The van der Waals surface area contributed by atoms with Gasteiger partial charge in [0.1, 0.15) is 11.3 Å². The van der Waals surface area contributed by atoms with Crippen LogP contribution in [0.5, 0.6) is 0 Å². The highest BCUT2D eigenvalue weighted by atomic mass is 16.8. The van der Waals surface area contributed by atoms with Crippen molar-refractivity contribution in [1.82, 2.24) is 0 Å². The first-order valence-corrected chi connectivity index (χ1v) is 7.04. The molecule has 0 radical (unpaired) electrons. The van der Waals surface area contributed by atoms with Gasteiger partial charge in [0.05, 0.1) is 0 Å². The van der Waals surface area contributed by atoms with Crippen molar-refractivity contribution in [3.8, 4) is 0 Å². The van der Waals surface area contributed by atoms with Gasteiger partial charge in [-0.15, -0.1) is 0 Å². The molecular formula is C18H19NO3. The van der Waals surface area contributed by atoms with Gasteiger partial charge >= 0.3 is 6.16 Å². The molecule has 0 fully saturated rings. The molecule has 0 atom stereocenters. The van der Waals surface area contributed by atoms with E-state index in [9.17, 15) is 4.79 Å². The second kappa shape index (κ2) is 6.89. The molecule has 0 bridgehead atoms. The maximum Gasteiger partial charge on any atom is 0.535 e. The maximum atomic E-state index is 11.7. The summed E-state index contributed by atoms with van der Waals surface area (Å²) in [5.74, 6) is 0. The van der Waals surface area contributed by atoms with Crippen molar-refractivity contribution >= 4 is 11.9 Å². The SMILES string of the molecule is CC(C)(C)OC(=O)ON=C(c1ccccc1)c1ccccc1. The minimum Gasteiger partial charge on any atom is -0.427 e. The normalized spacial score (nSPS) is 10.7. The fraction of sp³-hybridized carbons (Fsp3) is 0.222. The number of benzene rings is 2. The predicted octanol–water partition coefficient (Wildman–Crippen LogP) is 4.39. The minimum atomic E-state index is -0.822. The van der Waals surface area contributed by atoms with E-state index in [1.807, 2.05) is 60.7 Å². The van der Waals surface area contributed by atoms with E-state index < -0.39 is 11.8 Å². The number of rotatable bonds is 3. The molecule has 0 aliphatic heterocycles. The Morgan fingerprint density at radius 1 is 0.864 bits per heavy atom. The number of carbonyl (C=O) groups excluding carboxylic acids is 1. The number of carbonyl (C=O) groups is 1. The van der Waals surface area contributed by atoms with E-state index in [1.165, 1.54) is 0 Å². The second-order valence-corrected chi connectivity index (χ2v) is 5.73. The quantitative estimate of drug-likeness (QED) is 0.365. The van der Waals surface area contributed by atoms with E-state index >= 15 is 0 Å². The van der Waals surface area contributed by atoms with Crippen molar-refractivity contribution in [3.63, 3.8) is 0 Å². The van der Waals surface area contributed by atoms with Crippen molar-refractivity contribution in [2.75, 3.05) is 0 Å². The van der Waals surface area contributed by atoms with Crippen molar-refractivity contribution in [2.24, 2.45) is 5.16 Å². The topological polar surface area (TPSA) is 47.9 Å². The lowest BCUT2D eigenvalue weighted by molar-refractivity contribution is -0.00613. The molecule has 4 nitrogen and oxygen atoms in total. The van der Waals surface area contributed by atoms with Crippen molar-refractivity contribution in [3.05, 3.63) is 71.8 Å². The summed E-state index contributed by atoms with van der Waals surface area (Å²) < 4.78 is 5.09. The predicted molar refractivity (Wildman–Crippen MR) is 85.8 cm³/mol. The van der Waals surface area contributed by atoms with Crippen LogP contribution < -0.4 is 0 Å². The van der Waals surface area contributed by atoms with E-state index in [4.69, 9.17) is 9.57 Å². The Morgan fingerprint density at radius 3 is 1.73 bits per heavy atom. The summed E-state index contributed by atoms with van der Waals surface area (Å²) in [6, 6.07) is 19.1. The molecule has 0 aliphatic rings. The van der Waals surface area contributed by atoms with E-state index in [0.717, 1.165) is 11.1 Å². The molecule has 0 aliphatic carbocycles. The van der Waals surface area contributed by atoms with E-state index in [0.29, 0.717) is 5.71 Å². The van der Waals surface area contributed by atoms with E-state index in [2.05, 4.69) is 5.16 Å². The molecule has 0 saturated heterocycles. The van der Waals surface area contributed by atoms with Gasteiger partial charge in [0.15, 0.2) is 0 Å². The summed E-state index contributed by atoms with van der Waals surface area (Å²) in [4.78, 5) is 16.6. The van der Waals surface area contributed by atoms with Gasteiger partial charge in [-0.1, -0.05) is 65.8 Å². The molecule has 2 rings (SSSR count). The Morgan fingerprint density at radius 2 is 1.32 bits per heavy atom. The molecule has 0 aromatic heterocycles. The lowest BCUT2D eigenvalue weighted by Gasteiger charge is -2.17. The highest BCUT2D eigenvalue weighted by molar-refractivity contribution is 6.12. The monoisotopic (exact) mass is 297 g/mol. The smallest absolute Gasteiger partial charge is 0.427 e. The Balaban J connectivity index is 2.26. The molecule has 0 N–H and O–H groups in total. The minimum absolute atomic E-state index is 0.576. The van der Waals surface area contributed by atoms with Gasteiger partial charge in [0.25, 0.3) is 0 Å². The molecule has 0 amide bonds. The number of hydrogen-bond acceptors (Lipinski definition) is 4. The third-order valence-corrected chi connectivity index (χ3v) is 2.70. The van der Waals surface area contributed by atoms with Crippen LogP contribution >= 0.6 is 0 Å². The van der Waals surface area contributed by atoms with Gasteiger partial charge in [-0.2, -0.15) is 0 Å². The molecular weight excluding hydrogens is 278 g/mol. The van der Waals surface area contributed by atoms with Crippen LogP contribution in [0.3, 0.4) is 0 Å². The van der Waals surface area contributed by atoms with Crippen LogP contribution in [0.2, 0.25) is 0 Å². The first-order chi connectivity index (χ1) is 10.5. The van der Waals surface area contributed by atoms with Gasteiger partial charge in [0.2, 0.25) is 0 Å². The molecule has 0 unspecified atom stereocenters. The fourth-order valence-corrected chi connectivity index (χ4v) is 1.82. The molecule has 4 heteroatoms. The zero-order valence-corrected chi connectivity index (χ0v) is 12.9. The summed E-state index contributed by atoms with van der Waals surface area (Å²) >= 11 is 0. The average Bonchev–Trinajstić information content (AvgIpc) is 2.48. The Kier molecular flexibility index (Phi) is 4.94. The van der Waals surface area contributed by atoms with Crippen LogP contribution in [-0.2, 0) is 9.57 Å². The molecule has 2 aromatic carbocycles. The summed E-state index contributed by atoms with van der Waals surface area (Å²) in [7, 11) is 0. The molecule has 0 heterocycles. The highest BCUT2D eigenvalue weighted by Gasteiger charge is 2.18. The highest BCUT2D eigenvalue weighted by Crippen LogP contribution is 2.13. The van der Waals surface area contributed by atoms with Crippen molar-refractivity contribution in [2.45, 2.75) is 26.4 Å². The first-order valence-electron chi connectivity index (χ1n) is 7.04. The largest absolute Gasteiger partial charge is 0.535 e. The van der Waals surface area contributed by atoms with Gasteiger partial charge in [-0.05, 0) is 20.8 Å². The maximum absolute atomic E-state index is 11.7. The summed E-state index contributed by atoms with van der Waals surface area (Å²) in [5, 5.41) is 3.99. The Labute approximate surface area is 130 Å². The Bertz CT molecular complexity index is 602. The summed E-state index contributed by atoms with van der Waals surface area (Å²) in [6.45, 7) is 5.31. The Hall–Kier alpha value is -2.62. The molecule has 114 valence electrons. The number of nitrogens with zero attached hydrogens (tertiary/aromatic N) is 1. The van der Waals surface area contributed by atoms with Crippen molar-refractivity contribution in [1.29, 1.82) is 0 Å². The van der Waals surface area contributed by atoms with Crippen LogP contribution in [0.15, 0.2) is 65.8 Å². The number of hydrogen-bond donors (Lipinski definition) is 0. The zero-order valence-electron chi connectivity index (χ0n) is 12.9. The van der Waals surface area contributed by atoms with Crippen LogP contribution in [0.1, 0.15) is 31.9 Å². The molecule has 0 spiro atoms. The lowest BCUT2D eigenvalue weighted by Crippen LogP contribution is -2.23. The van der Waals surface area contributed by atoms with Crippen LogP contribution in [0.4, 0.5) is 4.79 Å². The van der Waals surface area contributed by atoms with Gasteiger partial charge in [-0.25, -0.2) is 4.79 Å². The number of ether oxygens (including phenoxy) is 1.